The second-order valence-electron chi connectivity index (χ2n) is 4.23. The Labute approximate surface area is 109 Å². The predicted molar refractivity (Wildman–Crippen MR) is 67.6 cm³/mol. The van der Waals surface area contributed by atoms with Gasteiger partial charge in [-0.2, -0.15) is 16.9 Å². The van der Waals surface area contributed by atoms with E-state index in [1.807, 2.05) is 0 Å². The molecule has 1 unspecified atom stereocenters. The summed E-state index contributed by atoms with van der Waals surface area (Å²) < 4.78 is 1.57. The van der Waals surface area contributed by atoms with Crippen LogP contribution >= 0.6 is 11.8 Å². The molecular formula is C11H15N3O3S. The third-order valence-electron chi connectivity index (χ3n) is 2.85. The summed E-state index contributed by atoms with van der Waals surface area (Å²) in [5.74, 6) is 0.529. The van der Waals surface area contributed by atoms with E-state index < -0.39 is 5.97 Å². The number of rotatable bonds is 3. The lowest BCUT2D eigenvalue weighted by Gasteiger charge is -2.34. The van der Waals surface area contributed by atoms with Gasteiger partial charge in [-0.1, -0.05) is 0 Å². The van der Waals surface area contributed by atoms with Gasteiger partial charge in [0.05, 0.1) is 24.2 Å². The Kier molecular flexibility index (Phi) is 3.90. The van der Waals surface area contributed by atoms with Crippen molar-refractivity contribution in [3.05, 3.63) is 18.0 Å². The molecular weight excluding hydrogens is 254 g/mol. The summed E-state index contributed by atoms with van der Waals surface area (Å²) in [6, 6.07) is -0.228. The summed E-state index contributed by atoms with van der Waals surface area (Å²) in [5.41, 5.74) is 0.514. The Morgan fingerprint density at radius 3 is 3.00 bits per heavy atom. The largest absolute Gasteiger partial charge is 0.481 e. The number of aliphatic carboxylic acids is 1. The minimum absolute atomic E-state index is 0.000990. The fourth-order valence-corrected chi connectivity index (χ4v) is 3.05. The molecule has 1 aliphatic rings. The average molecular weight is 269 g/mol. The standard InChI is InChI=1S/C11H15N3O3S/c1-13-6-8(5-12-13)11(17)14-2-3-18-7-9(14)4-10(15)16/h5-6,9H,2-4,7H2,1H3,(H,15,16). The Morgan fingerprint density at radius 2 is 2.39 bits per heavy atom. The molecule has 2 rings (SSSR count). The van der Waals surface area contributed by atoms with Crippen LogP contribution in [0.15, 0.2) is 12.4 Å². The van der Waals surface area contributed by atoms with E-state index in [4.69, 9.17) is 5.11 Å². The number of carbonyl (C=O) groups excluding carboxylic acids is 1. The van der Waals surface area contributed by atoms with E-state index in [0.717, 1.165) is 5.75 Å². The van der Waals surface area contributed by atoms with E-state index in [-0.39, 0.29) is 18.4 Å². The molecule has 7 heteroatoms. The monoisotopic (exact) mass is 269 g/mol. The average Bonchev–Trinajstić information content (AvgIpc) is 2.75. The summed E-state index contributed by atoms with van der Waals surface area (Å²) in [7, 11) is 1.75. The van der Waals surface area contributed by atoms with Gasteiger partial charge in [0.25, 0.3) is 5.91 Å². The minimum atomic E-state index is -0.869. The van der Waals surface area contributed by atoms with Crippen LogP contribution in [0.5, 0.6) is 0 Å². The van der Waals surface area contributed by atoms with Crippen molar-refractivity contribution < 1.29 is 14.7 Å². The van der Waals surface area contributed by atoms with Crippen LogP contribution in [0.4, 0.5) is 0 Å². The molecule has 1 amide bonds. The van der Waals surface area contributed by atoms with Crippen LogP contribution in [0.3, 0.4) is 0 Å². The van der Waals surface area contributed by atoms with Gasteiger partial charge >= 0.3 is 5.97 Å². The highest BCUT2D eigenvalue weighted by atomic mass is 32.2. The smallest absolute Gasteiger partial charge is 0.305 e. The fraction of sp³-hybridized carbons (Fsp3) is 0.545. The van der Waals surface area contributed by atoms with E-state index >= 15 is 0 Å². The fourth-order valence-electron chi connectivity index (χ4n) is 1.99. The highest BCUT2D eigenvalue weighted by Gasteiger charge is 2.29. The summed E-state index contributed by atoms with van der Waals surface area (Å²) in [6.07, 6.45) is 3.17. The van der Waals surface area contributed by atoms with Crippen LogP contribution < -0.4 is 0 Å². The van der Waals surface area contributed by atoms with Gasteiger partial charge < -0.3 is 10.0 Å². The lowest BCUT2D eigenvalue weighted by atomic mass is 10.1. The summed E-state index contributed by atoms with van der Waals surface area (Å²) in [4.78, 5) is 24.7. The molecule has 0 aliphatic carbocycles. The number of carbonyl (C=O) groups is 2. The first-order chi connectivity index (χ1) is 8.58. The maximum Gasteiger partial charge on any atom is 0.305 e. The second-order valence-corrected chi connectivity index (χ2v) is 5.38. The van der Waals surface area contributed by atoms with Crippen molar-refractivity contribution in [1.29, 1.82) is 0 Å². The van der Waals surface area contributed by atoms with Crippen molar-refractivity contribution in [2.45, 2.75) is 12.5 Å². The zero-order valence-corrected chi connectivity index (χ0v) is 10.9. The van der Waals surface area contributed by atoms with E-state index in [2.05, 4.69) is 5.10 Å². The Bertz CT molecular complexity index is 460. The molecule has 1 atom stereocenters. The molecule has 1 saturated heterocycles. The van der Waals surface area contributed by atoms with Gasteiger partial charge in [-0.3, -0.25) is 14.3 Å². The van der Waals surface area contributed by atoms with Crippen LogP contribution in [-0.4, -0.2) is 55.8 Å². The van der Waals surface area contributed by atoms with Gasteiger partial charge in [0, 0.05) is 31.3 Å². The van der Waals surface area contributed by atoms with Gasteiger partial charge in [-0.05, 0) is 0 Å². The lowest BCUT2D eigenvalue weighted by Crippen LogP contribution is -2.47. The Hall–Kier alpha value is -1.50. The number of amides is 1. The number of aromatic nitrogens is 2. The van der Waals surface area contributed by atoms with E-state index in [1.165, 1.54) is 6.20 Å². The maximum atomic E-state index is 12.3. The van der Waals surface area contributed by atoms with Crippen molar-refractivity contribution in [3.63, 3.8) is 0 Å². The van der Waals surface area contributed by atoms with Crippen molar-refractivity contribution in [2.24, 2.45) is 7.05 Å². The van der Waals surface area contributed by atoms with Crippen LogP contribution in [-0.2, 0) is 11.8 Å². The molecule has 0 spiro atoms. The Balaban J connectivity index is 2.13. The van der Waals surface area contributed by atoms with Gasteiger partial charge in [0.1, 0.15) is 0 Å². The molecule has 18 heavy (non-hydrogen) atoms. The molecule has 1 aromatic heterocycles. The van der Waals surface area contributed by atoms with E-state index in [9.17, 15) is 9.59 Å². The van der Waals surface area contributed by atoms with Crippen molar-refractivity contribution in [3.8, 4) is 0 Å². The third-order valence-corrected chi connectivity index (χ3v) is 3.94. The van der Waals surface area contributed by atoms with Gasteiger partial charge in [-0.25, -0.2) is 0 Å². The van der Waals surface area contributed by atoms with Crippen molar-refractivity contribution in [1.82, 2.24) is 14.7 Å². The first-order valence-corrected chi connectivity index (χ1v) is 6.82. The summed E-state index contributed by atoms with van der Waals surface area (Å²) in [6.45, 7) is 0.594. The molecule has 1 aliphatic heterocycles. The van der Waals surface area contributed by atoms with Crippen LogP contribution in [0.2, 0.25) is 0 Å². The lowest BCUT2D eigenvalue weighted by molar-refractivity contribution is -0.138. The molecule has 0 bridgehead atoms. The Morgan fingerprint density at radius 1 is 1.61 bits per heavy atom. The first kappa shape index (κ1) is 12.9. The summed E-state index contributed by atoms with van der Waals surface area (Å²) in [5, 5.41) is 12.8. The topological polar surface area (TPSA) is 75.4 Å². The second kappa shape index (κ2) is 5.43. The van der Waals surface area contributed by atoms with Gasteiger partial charge in [0.15, 0.2) is 0 Å². The number of hydrogen-bond acceptors (Lipinski definition) is 4. The zero-order valence-electron chi connectivity index (χ0n) is 10.1. The molecule has 0 aromatic carbocycles. The molecule has 1 fully saturated rings. The van der Waals surface area contributed by atoms with Crippen molar-refractivity contribution >= 4 is 23.6 Å². The minimum Gasteiger partial charge on any atom is -0.481 e. The quantitative estimate of drug-likeness (QED) is 0.862. The summed E-state index contributed by atoms with van der Waals surface area (Å²) >= 11 is 1.69. The number of hydrogen-bond donors (Lipinski definition) is 1. The number of carboxylic acids is 1. The molecule has 0 saturated carbocycles. The van der Waals surface area contributed by atoms with Crippen LogP contribution in [0.25, 0.3) is 0 Å². The predicted octanol–water partition coefficient (Wildman–Crippen LogP) is 0.452. The maximum absolute atomic E-state index is 12.3. The highest BCUT2D eigenvalue weighted by Crippen LogP contribution is 2.21. The molecule has 98 valence electrons. The molecule has 6 nitrogen and oxygen atoms in total. The highest BCUT2D eigenvalue weighted by molar-refractivity contribution is 7.99. The van der Waals surface area contributed by atoms with Gasteiger partial charge in [-0.15, -0.1) is 0 Å². The first-order valence-electron chi connectivity index (χ1n) is 5.67. The van der Waals surface area contributed by atoms with Gasteiger partial charge in [0.2, 0.25) is 0 Å². The number of aryl methyl sites for hydroxylation is 1. The molecule has 1 N–H and O–H groups in total. The molecule has 2 heterocycles. The van der Waals surface area contributed by atoms with Crippen molar-refractivity contribution in [2.75, 3.05) is 18.1 Å². The van der Waals surface area contributed by atoms with Crippen LogP contribution in [0, 0.1) is 0 Å². The number of thioether (sulfide) groups is 1. The third kappa shape index (κ3) is 2.84. The van der Waals surface area contributed by atoms with E-state index in [1.54, 1.807) is 34.6 Å². The van der Waals surface area contributed by atoms with E-state index in [0.29, 0.717) is 17.9 Å². The zero-order chi connectivity index (χ0) is 13.1. The number of nitrogens with zero attached hydrogens (tertiary/aromatic N) is 3. The molecule has 1 aromatic rings. The van der Waals surface area contributed by atoms with Crippen LogP contribution in [0.1, 0.15) is 16.8 Å². The normalized spacial score (nSPS) is 19.8. The SMILES string of the molecule is Cn1cc(C(=O)N2CCSCC2CC(=O)O)cn1. The number of carboxylic acid groups (broad SMARTS) is 1. The molecule has 0 radical (unpaired) electrons.